The Morgan fingerprint density at radius 3 is 2.45 bits per heavy atom. The third-order valence-corrected chi connectivity index (χ3v) is 7.77. The molecule has 0 aliphatic heterocycles. The maximum Gasteiger partial charge on any atom is 0.335 e. The minimum Gasteiger partial charge on any atom is -0.494 e. The summed E-state index contributed by atoms with van der Waals surface area (Å²) >= 11 is 6.69. The molecule has 0 aliphatic rings. The van der Waals surface area contributed by atoms with Crippen molar-refractivity contribution < 1.29 is 24.1 Å². The van der Waals surface area contributed by atoms with Crippen LogP contribution in [0.1, 0.15) is 66.2 Å². The number of aryl methyl sites for hydroxylation is 1. The van der Waals surface area contributed by atoms with E-state index in [1.54, 1.807) is 42.5 Å². The van der Waals surface area contributed by atoms with Crippen LogP contribution in [-0.2, 0) is 6.61 Å². The lowest BCUT2D eigenvalue weighted by atomic mass is 9.96. The standard InChI is InChI=1S/C37H36ClN3O6/c1-6-45-32-15-23(5)29(19-28(32)22(3)4)35-40-31-14-9-8-13-27(31)36(42)41(35)39-20-25-17-30(38)34(33(18-25)46-7-2)47-21-24-11-10-12-26(16-24)37(43)44/h8-20,22H,6-7,21H2,1-5H3,(H,43,44). The number of carboxylic acid groups (broad SMARTS) is 1. The van der Waals surface area contributed by atoms with Gasteiger partial charge in [0.05, 0.1) is 40.9 Å². The second-order valence-corrected chi connectivity index (χ2v) is 11.6. The zero-order valence-electron chi connectivity index (χ0n) is 26.9. The number of nitrogens with zero attached hydrogens (tertiary/aromatic N) is 3. The van der Waals surface area contributed by atoms with Gasteiger partial charge < -0.3 is 19.3 Å². The summed E-state index contributed by atoms with van der Waals surface area (Å²) in [6.45, 7) is 10.9. The van der Waals surface area contributed by atoms with Crippen molar-refractivity contribution in [2.75, 3.05) is 13.2 Å². The Morgan fingerprint density at radius 1 is 0.979 bits per heavy atom. The topological polar surface area (TPSA) is 112 Å². The predicted molar refractivity (Wildman–Crippen MR) is 185 cm³/mol. The van der Waals surface area contributed by atoms with Gasteiger partial charge in [-0.1, -0.05) is 49.7 Å². The van der Waals surface area contributed by atoms with E-state index in [9.17, 15) is 14.7 Å². The molecule has 5 aromatic rings. The van der Waals surface area contributed by atoms with Crippen molar-refractivity contribution in [3.05, 3.63) is 116 Å². The number of fused-ring (bicyclic) bond motifs is 1. The van der Waals surface area contributed by atoms with E-state index < -0.39 is 5.97 Å². The Balaban J connectivity index is 1.57. The van der Waals surface area contributed by atoms with Gasteiger partial charge in [0.2, 0.25) is 0 Å². The fourth-order valence-corrected chi connectivity index (χ4v) is 5.49. The Kier molecular flexibility index (Phi) is 10.3. The first-order valence-corrected chi connectivity index (χ1v) is 15.7. The summed E-state index contributed by atoms with van der Waals surface area (Å²) in [5, 5.41) is 14.7. The lowest BCUT2D eigenvalue weighted by Gasteiger charge is -2.18. The zero-order valence-corrected chi connectivity index (χ0v) is 27.7. The number of benzene rings is 4. The highest BCUT2D eigenvalue weighted by Gasteiger charge is 2.19. The van der Waals surface area contributed by atoms with Gasteiger partial charge in [-0.3, -0.25) is 4.79 Å². The van der Waals surface area contributed by atoms with Crippen LogP contribution in [0.3, 0.4) is 0 Å². The molecule has 0 spiro atoms. The number of para-hydroxylation sites is 1. The molecule has 1 heterocycles. The van der Waals surface area contributed by atoms with Crippen LogP contribution in [0.5, 0.6) is 17.2 Å². The van der Waals surface area contributed by atoms with Crippen LogP contribution in [0.2, 0.25) is 5.02 Å². The molecule has 242 valence electrons. The van der Waals surface area contributed by atoms with Crippen LogP contribution < -0.4 is 19.8 Å². The molecule has 0 atom stereocenters. The van der Waals surface area contributed by atoms with E-state index in [1.807, 2.05) is 45.0 Å². The molecule has 0 saturated carbocycles. The summed E-state index contributed by atoms with van der Waals surface area (Å²) < 4.78 is 19.1. The number of aromatic carboxylic acids is 1. The Bertz CT molecular complexity index is 2040. The molecule has 5 rings (SSSR count). The van der Waals surface area contributed by atoms with Crippen LogP contribution in [0.15, 0.2) is 82.7 Å². The quantitative estimate of drug-likeness (QED) is 0.135. The third-order valence-electron chi connectivity index (χ3n) is 7.48. The molecule has 47 heavy (non-hydrogen) atoms. The smallest absolute Gasteiger partial charge is 0.335 e. The highest BCUT2D eigenvalue weighted by atomic mass is 35.5. The van der Waals surface area contributed by atoms with Gasteiger partial charge in [0.1, 0.15) is 12.4 Å². The van der Waals surface area contributed by atoms with E-state index in [2.05, 4.69) is 18.9 Å². The normalized spacial score (nSPS) is 11.4. The maximum atomic E-state index is 13.9. The molecule has 0 unspecified atom stereocenters. The van der Waals surface area contributed by atoms with Gasteiger partial charge in [-0.25, -0.2) is 9.78 Å². The van der Waals surface area contributed by atoms with Gasteiger partial charge in [-0.05, 0) is 97.5 Å². The van der Waals surface area contributed by atoms with Crippen molar-refractivity contribution in [1.82, 2.24) is 9.66 Å². The first kappa shape index (κ1) is 33.2. The van der Waals surface area contributed by atoms with E-state index in [1.165, 1.54) is 17.0 Å². The van der Waals surface area contributed by atoms with Crippen LogP contribution in [0.4, 0.5) is 0 Å². The molecule has 0 bridgehead atoms. The molecule has 0 amide bonds. The highest BCUT2D eigenvalue weighted by molar-refractivity contribution is 6.32. The van der Waals surface area contributed by atoms with E-state index in [-0.39, 0.29) is 28.7 Å². The number of halogens is 1. The number of hydrogen-bond donors (Lipinski definition) is 1. The van der Waals surface area contributed by atoms with Gasteiger partial charge in [0.25, 0.3) is 5.56 Å². The summed E-state index contributed by atoms with van der Waals surface area (Å²) in [5.74, 6) is 1.03. The van der Waals surface area contributed by atoms with Gasteiger partial charge in [0, 0.05) is 5.56 Å². The Labute approximate surface area is 278 Å². The minimum absolute atomic E-state index is 0.0790. The minimum atomic E-state index is -1.02. The fourth-order valence-electron chi connectivity index (χ4n) is 5.22. The van der Waals surface area contributed by atoms with Crippen molar-refractivity contribution in [2.45, 2.75) is 47.1 Å². The van der Waals surface area contributed by atoms with Gasteiger partial charge in [-0.2, -0.15) is 9.78 Å². The number of aromatic nitrogens is 2. The van der Waals surface area contributed by atoms with Crippen LogP contribution in [-0.4, -0.2) is 40.2 Å². The molecule has 4 aromatic carbocycles. The number of carbonyl (C=O) groups is 1. The molecular formula is C37H36ClN3O6. The summed E-state index contributed by atoms with van der Waals surface area (Å²) in [6.07, 6.45) is 1.53. The zero-order chi connectivity index (χ0) is 33.7. The second kappa shape index (κ2) is 14.5. The fraction of sp³-hybridized carbons (Fsp3) is 0.243. The SMILES string of the molecule is CCOc1cc(C)c(-c2nc3ccccc3c(=O)n2N=Cc2cc(Cl)c(OCc3cccc(C(=O)O)c3)c(OCC)c2)cc1C(C)C. The van der Waals surface area contributed by atoms with Crippen LogP contribution >= 0.6 is 11.6 Å². The number of rotatable bonds is 12. The molecule has 0 aliphatic carbocycles. The molecule has 10 heteroatoms. The van der Waals surface area contributed by atoms with Crippen molar-refractivity contribution in [2.24, 2.45) is 5.10 Å². The summed E-state index contributed by atoms with van der Waals surface area (Å²) in [5.41, 5.74) is 4.29. The molecule has 1 N–H and O–H groups in total. The number of ether oxygens (including phenoxy) is 3. The summed E-state index contributed by atoms with van der Waals surface area (Å²) in [6, 6.07) is 21.1. The molecule has 0 fully saturated rings. The second-order valence-electron chi connectivity index (χ2n) is 11.2. The van der Waals surface area contributed by atoms with E-state index in [0.717, 1.165) is 22.4 Å². The molecule has 0 saturated heterocycles. The monoisotopic (exact) mass is 653 g/mol. The van der Waals surface area contributed by atoms with E-state index >= 15 is 0 Å². The molecular weight excluding hydrogens is 618 g/mol. The third kappa shape index (κ3) is 7.31. The highest BCUT2D eigenvalue weighted by Crippen LogP contribution is 2.37. The summed E-state index contributed by atoms with van der Waals surface area (Å²) in [4.78, 5) is 30.2. The van der Waals surface area contributed by atoms with Crippen molar-refractivity contribution in [1.29, 1.82) is 0 Å². The average Bonchev–Trinajstić information content (AvgIpc) is 3.04. The lowest BCUT2D eigenvalue weighted by molar-refractivity contribution is 0.0696. The van der Waals surface area contributed by atoms with Crippen LogP contribution in [0, 0.1) is 6.92 Å². The number of carboxylic acids is 1. The Hall–Kier alpha value is -5.15. The van der Waals surface area contributed by atoms with Crippen molar-refractivity contribution >= 4 is 34.7 Å². The largest absolute Gasteiger partial charge is 0.494 e. The van der Waals surface area contributed by atoms with Crippen molar-refractivity contribution in [3.8, 4) is 28.6 Å². The first-order chi connectivity index (χ1) is 22.6. The van der Waals surface area contributed by atoms with Crippen molar-refractivity contribution in [3.63, 3.8) is 0 Å². The van der Waals surface area contributed by atoms with Crippen LogP contribution in [0.25, 0.3) is 22.3 Å². The summed E-state index contributed by atoms with van der Waals surface area (Å²) in [7, 11) is 0. The molecule has 9 nitrogen and oxygen atoms in total. The lowest BCUT2D eigenvalue weighted by Crippen LogP contribution is -2.21. The number of hydrogen-bond acceptors (Lipinski definition) is 7. The Morgan fingerprint density at radius 2 is 1.72 bits per heavy atom. The maximum absolute atomic E-state index is 13.9. The molecule has 1 aromatic heterocycles. The first-order valence-electron chi connectivity index (χ1n) is 15.4. The molecule has 0 radical (unpaired) electrons. The van der Waals surface area contributed by atoms with E-state index in [4.69, 9.17) is 30.8 Å². The van der Waals surface area contributed by atoms with E-state index in [0.29, 0.717) is 52.6 Å². The van der Waals surface area contributed by atoms with Gasteiger partial charge in [-0.15, -0.1) is 0 Å². The predicted octanol–water partition coefficient (Wildman–Crippen LogP) is 8.11. The van der Waals surface area contributed by atoms with Gasteiger partial charge >= 0.3 is 5.97 Å². The average molecular weight is 654 g/mol. The van der Waals surface area contributed by atoms with Gasteiger partial charge in [0.15, 0.2) is 17.3 Å².